The van der Waals surface area contributed by atoms with Gasteiger partial charge in [0.25, 0.3) is 5.91 Å². The summed E-state index contributed by atoms with van der Waals surface area (Å²) in [5, 5.41) is 5.16. The van der Waals surface area contributed by atoms with Crippen molar-refractivity contribution in [3.63, 3.8) is 0 Å². The number of para-hydroxylation sites is 1. The second kappa shape index (κ2) is 9.64. The van der Waals surface area contributed by atoms with E-state index in [0.29, 0.717) is 32.5 Å². The van der Waals surface area contributed by atoms with Gasteiger partial charge in [-0.3, -0.25) is 4.79 Å². The number of esters is 1. The molecule has 160 valence electrons. The fourth-order valence-electron chi connectivity index (χ4n) is 2.94. The number of nitrogens with one attached hydrogen (secondary N) is 1. The lowest BCUT2D eigenvalue weighted by molar-refractivity contribution is 0.0739. The molecule has 1 heterocycles. The van der Waals surface area contributed by atoms with Gasteiger partial charge in [0, 0.05) is 21.2 Å². The molecule has 32 heavy (non-hydrogen) atoms. The Morgan fingerprint density at radius 3 is 2.47 bits per heavy atom. The number of benzene rings is 3. The second-order valence-electron chi connectivity index (χ2n) is 6.60. The van der Waals surface area contributed by atoms with E-state index in [-0.39, 0.29) is 5.91 Å². The normalized spacial score (nSPS) is 10.9. The van der Waals surface area contributed by atoms with Crippen LogP contribution < -0.4 is 14.9 Å². The van der Waals surface area contributed by atoms with Crippen molar-refractivity contribution >= 4 is 51.1 Å². The topological polar surface area (TPSA) is 77.0 Å². The van der Waals surface area contributed by atoms with E-state index in [1.807, 2.05) is 24.3 Å². The molecule has 1 amide bonds. The van der Waals surface area contributed by atoms with Crippen molar-refractivity contribution in [2.75, 3.05) is 7.11 Å². The summed E-state index contributed by atoms with van der Waals surface area (Å²) < 4.78 is 11.6. The maximum Gasteiger partial charge on any atom is 0.355 e. The Kier molecular flexibility index (Phi) is 6.49. The van der Waals surface area contributed by atoms with E-state index < -0.39 is 5.97 Å². The minimum absolute atomic E-state index is 0.300. The Morgan fingerprint density at radius 1 is 1.00 bits per heavy atom. The fourth-order valence-corrected chi connectivity index (χ4v) is 4.32. The molecule has 0 spiro atoms. The summed E-state index contributed by atoms with van der Waals surface area (Å²) >= 11 is 7.65. The van der Waals surface area contributed by atoms with Gasteiger partial charge in [-0.05, 0) is 42.5 Å². The molecule has 0 saturated heterocycles. The zero-order valence-electron chi connectivity index (χ0n) is 16.9. The number of halogens is 1. The van der Waals surface area contributed by atoms with Crippen molar-refractivity contribution < 1.29 is 19.1 Å². The molecular formula is C24H17ClN2O4S. The SMILES string of the molecule is COc1ccc(C(=O)N/N=C/c2ccccc2OC(=O)c2sc3ccccc3c2Cl)cc1. The van der Waals surface area contributed by atoms with Crippen LogP contribution in [0.5, 0.6) is 11.5 Å². The number of methoxy groups -OCH3 is 1. The van der Waals surface area contributed by atoms with Crippen LogP contribution in [0, 0.1) is 0 Å². The average Bonchev–Trinajstić information content (AvgIpc) is 3.17. The van der Waals surface area contributed by atoms with Crippen molar-refractivity contribution in [1.82, 2.24) is 5.43 Å². The number of rotatable bonds is 6. The lowest BCUT2D eigenvalue weighted by Gasteiger charge is -2.06. The Hall–Kier alpha value is -3.68. The van der Waals surface area contributed by atoms with Crippen LogP contribution in [0.2, 0.25) is 5.02 Å². The predicted octanol–water partition coefficient (Wildman–Crippen LogP) is 5.55. The number of carbonyl (C=O) groups is 2. The molecule has 0 aliphatic heterocycles. The molecule has 8 heteroatoms. The molecule has 0 bridgehead atoms. The number of carbonyl (C=O) groups excluding carboxylic acids is 2. The van der Waals surface area contributed by atoms with E-state index >= 15 is 0 Å². The van der Waals surface area contributed by atoms with Crippen LogP contribution in [0.25, 0.3) is 10.1 Å². The predicted molar refractivity (Wildman–Crippen MR) is 126 cm³/mol. The molecule has 6 nitrogen and oxygen atoms in total. The van der Waals surface area contributed by atoms with Gasteiger partial charge in [-0.25, -0.2) is 10.2 Å². The van der Waals surface area contributed by atoms with Gasteiger partial charge in [-0.15, -0.1) is 11.3 Å². The third-order valence-electron chi connectivity index (χ3n) is 4.56. The maximum absolute atomic E-state index is 12.8. The second-order valence-corrected chi connectivity index (χ2v) is 8.03. The molecule has 0 aliphatic rings. The third-order valence-corrected chi connectivity index (χ3v) is 6.22. The van der Waals surface area contributed by atoms with E-state index in [2.05, 4.69) is 10.5 Å². The Balaban J connectivity index is 1.48. The van der Waals surface area contributed by atoms with Gasteiger partial charge in [0.15, 0.2) is 0 Å². The van der Waals surface area contributed by atoms with Gasteiger partial charge in [0.2, 0.25) is 0 Å². The molecule has 0 unspecified atom stereocenters. The highest BCUT2D eigenvalue weighted by Gasteiger charge is 2.19. The van der Waals surface area contributed by atoms with Crippen LogP contribution in [-0.2, 0) is 0 Å². The first kappa shape index (κ1) is 21.5. The van der Waals surface area contributed by atoms with Crippen LogP contribution >= 0.6 is 22.9 Å². The minimum atomic E-state index is -0.556. The largest absolute Gasteiger partial charge is 0.497 e. The maximum atomic E-state index is 12.8. The molecule has 1 N–H and O–H groups in total. The number of ether oxygens (including phenoxy) is 2. The first-order valence-electron chi connectivity index (χ1n) is 9.52. The average molecular weight is 465 g/mol. The molecule has 0 saturated carbocycles. The van der Waals surface area contributed by atoms with Crippen LogP contribution in [0.3, 0.4) is 0 Å². The Labute approximate surface area is 193 Å². The van der Waals surface area contributed by atoms with E-state index in [4.69, 9.17) is 21.1 Å². The monoisotopic (exact) mass is 464 g/mol. The number of hydrogen-bond acceptors (Lipinski definition) is 6. The summed E-state index contributed by atoms with van der Waals surface area (Å²) in [4.78, 5) is 25.3. The molecule has 0 atom stereocenters. The number of nitrogens with zero attached hydrogens (tertiary/aromatic N) is 1. The standard InChI is InChI=1S/C24H17ClN2O4S/c1-30-17-12-10-15(11-13-17)23(28)27-26-14-16-6-2-4-8-19(16)31-24(29)22-21(25)18-7-3-5-9-20(18)32-22/h2-14H,1H3,(H,27,28)/b26-14+. The first-order valence-corrected chi connectivity index (χ1v) is 10.7. The van der Waals surface area contributed by atoms with Gasteiger partial charge in [-0.2, -0.15) is 5.10 Å². The lowest BCUT2D eigenvalue weighted by atomic mass is 10.2. The highest BCUT2D eigenvalue weighted by molar-refractivity contribution is 7.21. The fraction of sp³-hybridized carbons (Fsp3) is 0.0417. The van der Waals surface area contributed by atoms with Gasteiger partial charge < -0.3 is 9.47 Å². The number of thiophene rings is 1. The number of fused-ring (bicyclic) bond motifs is 1. The quantitative estimate of drug-likeness (QED) is 0.176. The summed E-state index contributed by atoms with van der Waals surface area (Å²) in [5.74, 6) is 0.0164. The highest BCUT2D eigenvalue weighted by Crippen LogP contribution is 2.36. The van der Waals surface area contributed by atoms with Crippen LogP contribution in [-0.4, -0.2) is 25.2 Å². The van der Waals surface area contributed by atoms with Crippen molar-refractivity contribution in [3.05, 3.63) is 93.8 Å². The van der Waals surface area contributed by atoms with E-state index in [1.165, 1.54) is 17.6 Å². The van der Waals surface area contributed by atoms with Gasteiger partial charge in [-0.1, -0.05) is 41.9 Å². The van der Waals surface area contributed by atoms with Crippen molar-refractivity contribution in [2.45, 2.75) is 0 Å². The summed E-state index contributed by atoms with van der Waals surface area (Å²) in [6.45, 7) is 0. The van der Waals surface area contributed by atoms with Gasteiger partial charge in [0.05, 0.1) is 18.3 Å². The van der Waals surface area contributed by atoms with E-state index in [0.717, 1.165) is 10.1 Å². The van der Waals surface area contributed by atoms with Crippen molar-refractivity contribution in [2.24, 2.45) is 5.10 Å². The molecule has 0 radical (unpaired) electrons. The molecule has 4 aromatic rings. The Morgan fingerprint density at radius 2 is 1.72 bits per heavy atom. The molecular weight excluding hydrogens is 448 g/mol. The van der Waals surface area contributed by atoms with E-state index in [1.54, 1.807) is 55.6 Å². The summed E-state index contributed by atoms with van der Waals surface area (Å²) in [6.07, 6.45) is 1.41. The van der Waals surface area contributed by atoms with E-state index in [9.17, 15) is 9.59 Å². The smallest absolute Gasteiger partial charge is 0.355 e. The molecule has 1 aromatic heterocycles. The van der Waals surface area contributed by atoms with Gasteiger partial charge >= 0.3 is 5.97 Å². The molecule has 4 rings (SSSR count). The van der Waals surface area contributed by atoms with Crippen LogP contribution in [0.1, 0.15) is 25.6 Å². The van der Waals surface area contributed by atoms with Gasteiger partial charge in [0.1, 0.15) is 16.4 Å². The highest BCUT2D eigenvalue weighted by atomic mass is 35.5. The zero-order valence-corrected chi connectivity index (χ0v) is 18.4. The summed E-state index contributed by atoms with van der Waals surface area (Å²) in [6, 6.07) is 21.0. The molecule has 3 aromatic carbocycles. The lowest BCUT2D eigenvalue weighted by Crippen LogP contribution is -2.17. The van der Waals surface area contributed by atoms with Crippen molar-refractivity contribution in [3.8, 4) is 11.5 Å². The number of amides is 1. The van der Waals surface area contributed by atoms with Crippen molar-refractivity contribution in [1.29, 1.82) is 0 Å². The zero-order chi connectivity index (χ0) is 22.5. The summed E-state index contributed by atoms with van der Waals surface area (Å²) in [7, 11) is 1.55. The van der Waals surface area contributed by atoms with Crippen LogP contribution in [0.15, 0.2) is 77.9 Å². The summed E-state index contributed by atoms with van der Waals surface area (Å²) in [5.41, 5.74) is 3.41. The third kappa shape index (κ3) is 4.64. The number of hydrogen-bond donors (Lipinski definition) is 1. The molecule has 0 aliphatic carbocycles. The molecule has 0 fully saturated rings. The van der Waals surface area contributed by atoms with Crippen LogP contribution in [0.4, 0.5) is 0 Å². The number of hydrazone groups is 1. The minimum Gasteiger partial charge on any atom is -0.497 e. The first-order chi connectivity index (χ1) is 15.6. The Bertz CT molecular complexity index is 1320.